The predicted octanol–water partition coefficient (Wildman–Crippen LogP) is 5.27. The summed E-state index contributed by atoms with van der Waals surface area (Å²) in [6.07, 6.45) is 2.59. The van der Waals surface area contributed by atoms with Crippen LogP contribution in [0.2, 0.25) is 10.0 Å². The maximum absolute atomic E-state index is 13.5. The number of halogens is 2. The second kappa shape index (κ2) is 14.6. The first-order chi connectivity index (χ1) is 17.9. The molecule has 1 N–H and O–H groups in total. The van der Waals surface area contributed by atoms with Crippen LogP contribution in [0.4, 0.5) is 5.69 Å². The van der Waals surface area contributed by atoms with Crippen molar-refractivity contribution < 1.29 is 22.7 Å². The van der Waals surface area contributed by atoms with E-state index in [2.05, 4.69) is 5.32 Å². The van der Waals surface area contributed by atoms with E-state index in [9.17, 15) is 18.0 Å². The molecule has 0 saturated carbocycles. The van der Waals surface area contributed by atoms with Crippen molar-refractivity contribution in [2.24, 2.45) is 0 Å². The van der Waals surface area contributed by atoms with Gasteiger partial charge in [-0.3, -0.25) is 13.9 Å². The third kappa shape index (κ3) is 9.06. The zero-order valence-electron chi connectivity index (χ0n) is 22.5. The maximum Gasteiger partial charge on any atom is 0.243 e. The quantitative estimate of drug-likeness (QED) is 0.326. The van der Waals surface area contributed by atoms with E-state index in [0.29, 0.717) is 27.9 Å². The predicted molar refractivity (Wildman–Crippen MR) is 153 cm³/mol. The smallest absolute Gasteiger partial charge is 0.243 e. The highest BCUT2D eigenvalue weighted by molar-refractivity contribution is 7.92. The lowest BCUT2D eigenvalue weighted by Gasteiger charge is -2.32. The minimum atomic E-state index is -3.61. The molecule has 2 atom stereocenters. The lowest BCUT2D eigenvalue weighted by atomic mass is 10.1. The van der Waals surface area contributed by atoms with Gasteiger partial charge in [-0.2, -0.15) is 0 Å². The van der Waals surface area contributed by atoms with Gasteiger partial charge < -0.3 is 15.0 Å². The van der Waals surface area contributed by atoms with Crippen LogP contribution in [0.15, 0.2) is 42.5 Å². The van der Waals surface area contributed by atoms with E-state index in [1.54, 1.807) is 42.5 Å². The number of hydrogen-bond donors (Lipinski definition) is 1. The van der Waals surface area contributed by atoms with Crippen molar-refractivity contribution in [1.29, 1.82) is 0 Å². The van der Waals surface area contributed by atoms with E-state index < -0.39 is 16.1 Å². The molecule has 0 heterocycles. The van der Waals surface area contributed by atoms with Crippen molar-refractivity contribution in [1.82, 2.24) is 10.2 Å². The van der Waals surface area contributed by atoms with Gasteiger partial charge in [0.05, 0.1) is 29.1 Å². The summed E-state index contributed by atoms with van der Waals surface area (Å²) >= 11 is 12.3. The van der Waals surface area contributed by atoms with Crippen molar-refractivity contribution in [3.8, 4) is 5.75 Å². The second-order valence-corrected chi connectivity index (χ2v) is 11.9. The van der Waals surface area contributed by atoms with Gasteiger partial charge in [0.1, 0.15) is 11.8 Å². The van der Waals surface area contributed by atoms with Crippen molar-refractivity contribution in [3.63, 3.8) is 0 Å². The first-order valence-corrected chi connectivity index (χ1v) is 15.2. The standard InChI is InChI=1S/C27H37Cl2N3O5S/c1-6-19(3)30-27(34)25(7-2)31(18-20-13-14-23(28)24(29)16-20)26(33)12-9-15-32(38(5,35)36)21-10-8-11-22(17-21)37-4/h8,10-11,13-14,16-17,19,25H,6-7,9,12,15,18H2,1-5H3,(H,30,34)/t19-,25+/m0/s1. The summed E-state index contributed by atoms with van der Waals surface area (Å²) in [7, 11) is -2.10. The van der Waals surface area contributed by atoms with Gasteiger partial charge in [0.2, 0.25) is 21.8 Å². The Hall–Kier alpha value is -2.49. The Morgan fingerprint density at radius 3 is 2.34 bits per heavy atom. The SMILES string of the molecule is CC[C@H](C(=O)N[C@@H](C)CC)N(Cc1ccc(Cl)c(Cl)c1)C(=O)CCCN(c1cccc(OC)c1)S(C)(=O)=O. The Labute approximate surface area is 236 Å². The summed E-state index contributed by atoms with van der Waals surface area (Å²) in [5.74, 6) is 0.0313. The van der Waals surface area contributed by atoms with Crippen LogP contribution >= 0.6 is 23.2 Å². The minimum absolute atomic E-state index is 0.0374. The fourth-order valence-corrected chi connectivity index (χ4v) is 5.24. The topological polar surface area (TPSA) is 96.0 Å². The third-order valence-corrected chi connectivity index (χ3v) is 8.15. The van der Waals surface area contributed by atoms with Crippen molar-refractivity contribution in [3.05, 3.63) is 58.1 Å². The number of methoxy groups -OCH3 is 1. The zero-order valence-corrected chi connectivity index (χ0v) is 24.9. The largest absolute Gasteiger partial charge is 0.497 e. The summed E-state index contributed by atoms with van der Waals surface area (Å²) in [5, 5.41) is 3.72. The molecule has 0 saturated heterocycles. The van der Waals surface area contributed by atoms with Crippen molar-refractivity contribution in [2.45, 2.75) is 65.1 Å². The van der Waals surface area contributed by atoms with Crippen molar-refractivity contribution >= 4 is 50.7 Å². The molecule has 0 aliphatic heterocycles. The fraction of sp³-hybridized carbons (Fsp3) is 0.481. The molecule has 0 fully saturated rings. The second-order valence-electron chi connectivity index (χ2n) is 9.15. The molecule has 210 valence electrons. The Balaban J connectivity index is 2.26. The van der Waals surface area contributed by atoms with Crippen LogP contribution in [0.5, 0.6) is 5.75 Å². The number of anilines is 1. The number of nitrogens with one attached hydrogen (secondary N) is 1. The Morgan fingerprint density at radius 2 is 1.76 bits per heavy atom. The van der Waals surface area contributed by atoms with Gasteiger partial charge in [-0.1, -0.05) is 49.2 Å². The normalized spacial score (nSPS) is 12.9. The van der Waals surface area contributed by atoms with Gasteiger partial charge in [-0.05, 0) is 56.0 Å². The molecule has 2 rings (SSSR count). The highest BCUT2D eigenvalue weighted by Gasteiger charge is 2.29. The molecule has 0 bridgehead atoms. The molecule has 0 unspecified atom stereocenters. The molecule has 0 radical (unpaired) electrons. The highest BCUT2D eigenvalue weighted by atomic mass is 35.5. The van der Waals surface area contributed by atoms with Crippen LogP contribution in [0, 0.1) is 0 Å². The Bertz CT molecular complexity index is 1210. The van der Waals surface area contributed by atoms with E-state index in [-0.39, 0.29) is 43.8 Å². The van der Waals surface area contributed by atoms with E-state index >= 15 is 0 Å². The average molecular weight is 587 g/mol. The molecular formula is C27H37Cl2N3O5S. The van der Waals surface area contributed by atoms with Gasteiger partial charge in [0, 0.05) is 31.6 Å². The molecule has 0 spiro atoms. The molecule has 2 aromatic rings. The number of carbonyl (C=O) groups excluding carboxylic acids is 2. The van der Waals surface area contributed by atoms with Gasteiger partial charge in [0.25, 0.3) is 0 Å². The minimum Gasteiger partial charge on any atom is -0.497 e. The van der Waals surface area contributed by atoms with Gasteiger partial charge in [0.15, 0.2) is 0 Å². The number of ether oxygens (including phenoxy) is 1. The first-order valence-electron chi connectivity index (χ1n) is 12.6. The summed E-state index contributed by atoms with van der Waals surface area (Å²) in [5.41, 5.74) is 1.18. The molecule has 0 aliphatic rings. The fourth-order valence-electron chi connectivity index (χ4n) is 3.96. The van der Waals surface area contributed by atoms with Gasteiger partial charge in [-0.15, -0.1) is 0 Å². The number of amides is 2. The molecular weight excluding hydrogens is 549 g/mol. The number of hydrogen-bond acceptors (Lipinski definition) is 5. The van der Waals surface area contributed by atoms with E-state index in [0.717, 1.165) is 18.2 Å². The highest BCUT2D eigenvalue weighted by Crippen LogP contribution is 2.26. The van der Waals surface area contributed by atoms with Gasteiger partial charge in [-0.25, -0.2) is 8.42 Å². The van der Waals surface area contributed by atoms with Crippen molar-refractivity contribution in [2.75, 3.05) is 24.2 Å². The summed E-state index contributed by atoms with van der Waals surface area (Å²) in [4.78, 5) is 28.2. The summed E-state index contributed by atoms with van der Waals surface area (Å²) < 4.78 is 31.5. The van der Waals surface area contributed by atoms with Crippen LogP contribution in [-0.2, 0) is 26.2 Å². The molecule has 0 aromatic heterocycles. The third-order valence-electron chi connectivity index (χ3n) is 6.22. The number of nitrogens with zero attached hydrogens (tertiary/aromatic N) is 2. The van der Waals surface area contributed by atoms with E-state index in [4.69, 9.17) is 27.9 Å². The lowest BCUT2D eigenvalue weighted by Crippen LogP contribution is -2.50. The monoisotopic (exact) mass is 585 g/mol. The van der Waals surface area contributed by atoms with E-state index in [1.807, 2.05) is 20.8 Å². The van der Waals surface area contributed by atoms with Crippen LogP contribution in [0.25, 0.3) is 0 Å². The Morgan fingerprint density at radius 1 is 1.05 bits per heavy atom. The van der Waals surface area contributed by atoms with Crippen LogP contribution in [0.3, 0.4) is 0 Å². The Kier molecular flexibility index (Phi) is 12.2. The first kappa shape index (κ1) is 31.7. The lowest BCUT2D eigenvalue weighted by molar-refractivity contribution is -0.141. The molecule has 38 heavy (non-hydrogen) atoms. The van der Waals surface area contributed by atoms with E-state index in [1.165, 1.54) is 16.3 Å². The number of benzene rings is 2. The summed E-state index contributed by atoms with van der Waals surface area (Å²) in [6.45, 7) is 5.99. The number of rotatable bonds is 14. The molecule has 8 nitrogen and oxygen atoms in total. The van der Waals surface area contributed by atoms with Crippen LogP contribution < -0.4 is 14.4 Å². The maximum atomic E-state index is 13.5. The molecule has 2 amide bonds. The molecule has 2 aromatic carbocycles. The number of carbonyl (C=O) groups is 2. The van der Waals surface area contributed by atoms with Crippen LogP contribution in [-0.4, -0.2) is 57.1 Å². The van der Waals surface area contributed by atoms with Crippen LogP contribution in [0.1, 0.15) is 52.0 Å². The summed E-state index contributed by atoms with van der Waals surface area (Å²) in [6, 6.07) is 11.1. The molecule has 0 aliphatic carbocycles. The number of sulfonamides is 1. The molecule has 11 heteroatoms. The average Bonchev–Trinajstić information content (AvgIpc) is 2.87. The zero-order chi connectivity index (χ0) is 28.5. The van der Waals surface area contributed by atoms with Gasteiger partial charge >= 0.3 is 0 Å².